The number of thioether (sulfide) groups is 1. The van der Waals surface area contributed by atoms with Crippen LogP contribution in [0, 0.1) is 11.3 Å². The predicted octanol–water partition coefficient (Wildman–Crippen LogP) is 3.87. The smallest absolute Gasteiger partial charge is 0.230 e. The number of halogens is 1. The fourth-order valence-electron chi connectivity index (χ4n) is 2.83. The number of fused-ring (bicyclic) bond motifs is 1. The van der Waals surface area contributed by atoms with Gasteiger partial charge in [0.2, 0.25) is 5.91 Å². The van der Waals surface area contributed by atoms with Gasteiger partial charge in [-0.2, -0.15) is 5.26 Å². The number of ether oxygens (including phenoxy) is 1. The first-order valence-electron chi connectivity index (χ1n) is 8.93. The van der Waals surface area contributed by atoms with E-state index in [0.29, 0.717) is 33.0 Å². The third-order valence-electron chi connectivity index (χ3n) is 4.00. The zero-order chi connectivity index (χ0) is 22.1. The largest absolute Gasteiger partial charge is 0.504 e. The van der Waals surface area contributed by atoms with Crippen molar-refractivity contribution in [1.82, 2.24) is 20.3 Å². The molecule has 3 aromatic rings. The molecule has 0 fully saturated rings. The molecule has 156 valence electrons. The maximum absolute atomic E-state index is 12.2. The lowest BCUT2D eigenvalue weighted by atomic mass is 10.1. The second kappa shape index (κ2) is 8.42. The van der Waals surface area contributed by atoms with E-state index in [1.165, 1.54) is 25.4 Å². The molecule has 2 aromatic heterocycles. The van der Waals surface area contributed by atoms with Gasteiger partial charge in [0.1, 0.15) is 11.7 Å². The van der Waals surface area contributed by atoms with E-state index in [1.54, 1.807) is 0 Å². The third-order valence-corrected chi connectivity index (χ3v) is 5.16. The molecule has 0 bridgehead atoms. The Morgan fingerprint density at radius 3 is 2.77 bits per heavy atom. The van der Waals surface area contributed by atoms with Gasteiger partial charge in [0, 0.05) is 23.4 Å². The molecule has 0 saturated carbocycles. The van der Waals surface area contributed by atoms with Gasteiger partial charge in [-0.3, -0.25) is 4.79 Å². The van der Waals surface area contributed by atoms with Crippen molar-refractivity contribution in [3.63, 3.8) is 0 Å². The molecule has 1 aromatic carbocycles. The molecule has 0 aliphatic rings. The SMILES string of the molecule is COc1cc(Cl)c(-c2nc(SCC(=O)NC(C)(C)C)nc3[nH]cc(C#N)c23)cc1O. The molecule has 3 N–H and O–H groups in total. The first-order valence-corrected chi connectivity index (χ1v) is 10.3. The fourth-order valence-corrected chi connectivity index (χ4v) is 3.72. The van der Waals surface area contributed by atoms with E-state index >= 15 is 0 Å². The van der Waals surface area contributed by atoms with E-state index in [-0.39, 0.29) is 33.7 Å². The van der Waals surface area contributed by atoms with Crippen molar-refractivity contribution in [2.75, 3.05) is 12.9 Å². The summed E-state index contributed by atoms with van der Waals surface area (Å²) in [6, 6.07) is 5.00. The van der Waals surface area contributed by atoms with Crippen molar-refractivity contribution in [3.05, 3.63) is 28.9 Å². The second-order valence-corrected chi connectivity index (χ2v) is 8.83. The summed E-state index contributed by atoms with van der Waals surface area (Å²) in [5.74, 6) is 0.0749. The molecule has 30 heavy (non-hydrogen) atoms. The number of phenolic OH excluding ortho intramolecular Hbond substituents is 1. The Morgan fingerprint density at radius 1 is 1.40 bits per heavy atom. The lowest BCUT2D eigenvalue weighted by Crippen LogP contribution is -2.41. The molecule has 0 unspecified atom stereocenters. The first kappa shape index (κ1) is 21.7. The standard InChI is InChI=1S/C20H20ClN5O3S/c1-20(2,3)26-15(28)9-30-19-24-17(16-10(7-22)8-23-18(16)25-19)11-5-13(27)14(29-4)6-12(11)21/h5-6,8,27H,9H2,1-4H3,(H,26,28)(H,23,24,25). The number of aromatic hydroxyl groups is 1. The number of hydrogen-bond acceptors (Lipinski definition) is 7. The Hall–Kier alpha value is -2.96. The Labute approximate surface area is 182 Å². The van der Waals surface area contributed by atoms with Crippen molar-refractivity contribution in [2.45, 2.75) is 31.5 Å². The summed E-state index contributed by atoms with van der Waals surface area (Å²) in [6.45, 7) is 5.70. The van der Waals surface area contributed by atoms with Crippen LogP contribution in [0.4, 0.5) is 0 Å². The van der Waals surface area contributed by atoms with Gasteiger partial charge < -0.3 is 20.1 Å². The quantitative estimate of drug-likeness (QED) is 0.402. The number of phenols is 1. The van der Waals surface area contributed by atoms with E-state index in [4.69, 9.17) is 16.3 Å². The summed E-state index contributed by atoms with van der Waals surface area (Å²) < 4.78 is 5.09. The molecular formula is C20H20ClN5O3S. The van der Waals surface area contributed by atoms with Gasteiger partial charge in [-0.1, -0.05) is 23.4 Å². The molecule has 3 rings (SSSR count). The van der Waals surface area contributed by atoms with Crippen LogP contribution in [0.3, 0.4) is 0 Å². The van der Waals surface area contributed by atoms with Crippen LogP contribution < -0.4 is 10.1 Å². The Bertz CT molecular complexity index is 1160. The Balaban J connectivity index is 2.07. The van der Waals surface area contributed by atoms with Crippen LogP contribution in [0.1, 0.15) is 26.3 Å². The van der Waals surface area contributed by atoms with Gasteiger partial charge in [-0.15, -0.1) is 0 Å². The van der Waals surface area contributed by atoms with Crippen molar-refractivity contribution < 1.29 is 14.6 Å². The van der Waals surface area contributed by atoms with E-state index in [0.717, 1.165) is 11.8 Å². The molecule has 0 saturated heterocycles. The summed E-state index contributed by atoms with van der Waals surface area (Å²) in [6.07, 6.45) is 1.53. The predicted molar refractivity (Wildman–Crippen MR) is 116 cm³/mol. The number of methoxy groups -OCH3 is 1. The summed E-state index contributed by atoms with van der Waals surface area (Å²) in [7, 11) is 1.42. The van der Waals surface area contributed by atoms with E-state index in [2.05, 4.69) is 26.3 Å². The number of amides is 1. The minimum Gasteiger partial charge on any atom is -0.504 e. The maximum atomic E-state index is 12.2. The molecule has 0 aliphatic carbocycles. The van der Waals surface area contributed by atoms with Crippen LogP contribution in [0.5, 0.6) is 11.5 Å². The number of aromatic nitrogens is 3. The number of carbonyl (C=O) groups is 1. The second-order valence-electron chi connectivity index (χ2n) is 7.48. The van der Waals surface area contributed by atoms with Crippen LogP contribution in [0.25, 0.3) is 22.3 Å². The van der Waals surface area contributed by atoms with Crippen LogP contribution >= 0.6 is 23.4 Å². The number of benzene rings is 1. The summed E-state index contributed by atoms with van der Waals surface area (Å²) >= 11 is 7.57. The number of carbonyl (C=O) groups excluding carboxylic acids is 1. The van der Waals surface area contributed by atoms with Gasteiger partial charge >= 0.3 is 0 Å². The average Bonchev–Trinajstić information content (AvgIpc) is 3.09. The number of nitriles is 1. The highest BCUT2D eigenvalue weighted by Gasteiger charge is 2.20. The third kappa shape index (κ3) is 4.61. The highest BCUT2D eigenvalue weighted by Crippen LogP contribution is 2.40. The van der Waals surface area contributed by atoms with Crippen molar-refractivity contribution in [2.24, 2.45) is 0 Å². The van der Waals surface area contributed by atoms with Gasteiger partial charge in [0.15, 0.2) is 16.7 Å². The number of aromatic amines is 1. The van der Waals surface area contributed by atoms with Crippen molar-refractivity contribution >= 4 is 40.3 Å². The molecule has 0 aliphatic heterocycles. The summed E-state index contributed by atoms with van der Waals surface area (Å²) in [5.41, 5.74) is 1.22. The van der Waals surface area contributed by atoms with E-state index < -0.39 is 0 Å². The van der Waals surface area contributed by atoms with Crippen molar-refractivity contribution in [1.29, 1.82) is 5.26 Å². The Kier molecular flexibility index (Phi) is 6.10. The molecule has 8 nitrogen and oxygen atoms in total. The Morgan fingerprint density at radius 2 is 2.13 bits per heavy atom. The summed E-state index contributed by atoms with van der Waals surface area (Å²) in [4.78, 5) is 24.1. The van der Waals surface area contributed by atoms with Gasteiger partial charge in [-0.25, -0.2) is 9.97 Å². The van der Waals surface area contributed by atoms with Crippen LogP contribution in [-0.2, 0) is 4.79 Å². The van der Waals surface area contributed by atoms with E-state index in [9.17, 15) is 15.2 Å². The highest BCUT2D eigenvalue weighted by atomic mass is 35.5. The molecule has 1 amide bonds. The summed E-state index contributed by atoms with van der Waals surface area (Å²) in [5, 5.41) is 23.7. The molecule has 0 atom stereocenters. The lowest BCUT2D eigenvalue weighted by molar-refractivity contribution is -0.119. The molecule has 2 heterocycles. The number of nitrogens with zero attached hydrogens (tertiary/aromatic N) is 3. The molecule has 10 heteroatoms. The number of rotatable bonds is 5. The topological polar surface area (TPSA) is 124 Å². The van der Waals surface area contributed by atoms with E-state index in [1.807, 2.05) is 20.8 Å². The van der Waals surface area contributed by atoms with Gasteiger partial charge in [0.05, 0.1) is 34.5 Å². The van der Waals surface area contributed by atoms with Crippen LogP contribution in [0.2, 0.25) is 5.02 Å². The zero-order valence-electron chi connectivity index (χ0n) is 16.8. The molecule has 0 spiro atoms. The molecular weight excluding hydrogens is 426 g/mol. The fraction of sp³-hybridized carbons (Fsp3) is 0.300. The minimum absolute atomic E-state index is 0.114. The zero-order valence-corrected chi connectivity index (χ0v) is 18.4. The average molecular weight is 446 g/mol. The van der Waals surface area contributed by atoms with Crippen LogP contribution in [-0.4, -0.2) is 44.4 Å². The van der Waals surface area contributed by atoms with Crippen molar-refractivity contribution in [3.8, 4) is 28.8 Å². The normalized spacial score (nSPS) is 11.3. The van der Waals surface area contributed by atoms with Gasteiger partial charge in [-0.05, 0) is 26.8 Å². The van der Waals surface area contributed by atoms with Crippen LogP contribution in [0.15, 0.2) is 23.5 Å². The van der Waals surface area contributed by atoms with Gasteiger partial charge in [0.25, 0.3) is 0 Å². The first-order chi connectivity index (χ1) is 14.1. The molecule has 0 radical (unpaired) electrons. The lowest BCUT2D eigenvalue weighted by Gasteiger charge is -2.20. The highest BCUT2D eigenvalue weighted by molar-refractivity contribution is 7.99. The number of hydrogen-bond donors (Lipinski definition) is 3. The monoisotopic (exact) mass is 445 g/mol. The maximum Gasteiger partial charge on any atom is 0.230 e. The number of H-pyrrole nitrogens is 1. The minimum atomic E-state index is -0.344. The number of nitrogens with one attached hydrogen (secondary N) is 2.